The van der Waals surface area contributed by atoms with Crippen LogP contribution < -0.4 is 14.9 Å². The van der Waals surface area contributed by atoms with E-state index in [9.17, 15) is 5.11 Å². The van der Waals surface area contributed by atoms with Crippen LogP contribution in [0.4, 0.5) is 0 Å². The molecule has 6 nitrogen and oxygen atoms in total. The van der Waals surface area contributed by atoms with Gasteiger partial charge in [-0.15, -0.1) is 0 Å². The molecule has 2 aromatic rings. The maximum absolute atomic E-state index is 10.2. The average Bonchev–Trinajstić information content (AvgIpc) is 3.10. The molecule has 1 unspecified atom stereocenters. The molecule has 1 atom stereocenters. The summed E-state index contributed by atoms with van der Waals surface area (Å²) in [6.07, 6.45) is 0.646. The van der Waals surface area contributed by atoms with Crippen molar-refractivity contribution >= 4 is 21.6 Å². The molecule has 0 aliphatic carbocycles. The zero-order chi connectivity index (χ0) is 17.4. The van der Waals surface area contributed by atoms with E-state index in [0.717, 1.165) is 27.1 Å². The minimum absolute atomic E-state index is 0.0270. The van der Waals surface area contributed by atoms with Gasteiger partial charge >= 0.3 is 0 Å². The summed E-state index contributed by atoms with van der Waals surface area (Å²) in [5, 5.41) is 14.7. The van der Waals surface area contributed by atoms with Gasteiger partial charge < -0.3 is 24.7 Å². The number of halogens is 1. The Morgan fingerprint density at radius 1 is 1.32 bits per heavy atom. The van der Waals surface area contributed by atoms with Crippen LogP contribution in [0.2, 0.25) is 0 Å². The van der Waals surface area contributed by atoms with Crippen LogP contribution in [0.25, 0.3) is 0 Å². The summed E-state index contributed by atoms with van der Waals surface area (Å²) in [5.41, 5.74) is 6.69. The van der Waals surface area contributed by atoms with Crippen molar-refractivity contribution in [3.8, 4) is 17.2 Å². The third-order valence-corrected chi connectivity index (χ3v) is 4.81. The van der Waals surface area contributed by atoms with Gasteiger partial charge in [0, 0.05) is 33.7 Å². The number of hydrogen-bond donors (Lipinski definition) is 2. The minimum Gasteiger partial charge on any atom is -0.507 e. The molecular weight excluding hydrogens is 388 g/mol. The predicted molar refractivity (Wildman–Crippen MR) is 96.1 cm³/mol. The third kappa shape index (κ3) is 3.05. The molecule has 2 aromatic carbocycles. The largest absolute Gasteiger partial charge is 0.507 e. The van der Waals surface area contributed by atoms with E-state index in [4.69, 9.17) is 14.2 Å². The van der Waals surface area contributed by atoms with Crippen molar-refractivity contribution < 1.29 is 19.3 Å². The van der Waals surface area contributed by atoms with Crippen molar-refractivity contribution in [2.75, 3.05) is 13.9 Å². The number of hydrogen-bond acceptors (Lipinski definition) is 6. The molecule has 25 heavy (non-hydrogen) atoms. The highest BCUT2D eigenvalue weighted by atomic mass is 79.9. The van der Waals surface area contributed by atoms with Crippen molar-refractivity contribution in [2.45, 2.75) is 19.1 Å². The molecule has 0 saturated carbocycles. The molecule has 0 radical (unpaired) electrons. The summed E-state index contributed by atoms with van der Waals surface area (Å²) in [4.78, 5) is 0. The SMILES string of the molecule is COc1ccc(C2=NNC(c3cc(Br)cc4c3OCOC4)C2)c(O)c1. The molecule has 0 bridgehead atoms. The average molecular weight is 405 g/mol. The Morgan fingerprint density at radius 2 is 2.20 bits per heavy atom. The maximum atomic E-state index is 10.2. The number of methoxy groups -OCH3 is 1. The Labute approximate surface area is 153 Å². The lowest BCUT2D eigenvalue weighted by Gasteiger charge is -2.23. The molecule has 2 N–H and O–H groups in total. The molecule has 0 saturated heterocycles. The van der Waals surface area contributed by atoms with Gasteiger partial charge in [0.2, 0.25) is 0 Å². The molecule has 0 fully saturated rings. The Morgan fingerprint density at radius 3 is 3.00 bits per heavy atom. The molecule has 2 heterocycles. The fourth-order valence-electron chi connectivity index (χ4n) is 3.14. The number of phenols is 1. The number of ether oxygens (including phenoxy) is 3. The van der Waals surface area contributed by atoms with Crippen LogP contribution in [0, 0.1) is 0 Å². The zero-order valence-electron chi connectivity index (χ0n) is 13.6. The van der Waals surface area contributed by atoms with E-state index in [1.807, 2.05) is 24.3 Å². The van der Waals surface area contributed by atoms with Crippen molar-refractivity contribution in [3.63, 3.8) is 0 Å². The van der Waals surface area contributed by atoms with E-state index < -0.39 is 0 Å². The first kappa shape index (κ1) is 16.2. The Hall–Kier alpha value is -2.25. The number of hydrazone groups is 1. The van der Waals surface area contributed by atoms with Crippen LogP contribution in [-0.4, -0.2) is 24.7 Å². The summed E-state index contributed by atoms with van der Waals surface area (Å²) >= 11 is 3.55. The number of nitrogens with zero attached hydrogens (tertiary/aromatic N) is 1. The van der Waals surface area contributed by atoms with Crippen molar-refractivity contribution in [1.29, 1.82) is 0 Å². The first-order chi connectivity index (χ1) is 12.2. The van der Waals surface area contributed by atoms with Crippen LogP contribution >= 0.6 is 15.9 Å². The van der Waals surface area contributed by atoms with Crippen molar-refractivity contribution in [3.05, 3.63) is 51.5 Å². The van der Waals surface area contributed by atoms with E-state index in [0.29, 0.717) is 24.3 Å². The summed E-state index contributed by atoms with van der Waals surface area (Å²) in [7, 11) is 1.57. The van der Waals surface area contributed by atoms with Gasteiger partial charge in [-0.25, -0.2) is 0 Å². The number of rotatable bonds is 3. The fourth-order valence-corrected chi connectivity index (χ4v) is 3.66. The third-order valence-electron chi connectivity index (χ3n) is 4.35. The topological polar surface area (TPSA) is 72.3 Å². The molecular formula is C18H17BrN2O4. The zero-order valence-corrected chi connectivity index (χ0v) is 15.2. The highest BCUT2D eigenvalue weighted by molar-refractivity contribution is 9.10. The van der Waals surface area contributed by atoms with Gasteiger partial charge in [0.25, 0.3) is 0 Å². The van der Waals surface area contributed by atoms with Gasteiger partial charge in [-0.3, -0.25) is 0 Å². The highest BCUT2D eigenvalue weighted by Gasteiger charge is 2.28. The van der Waals surface area contributed by atoms with E-state index in [-0.39, 0.29) is 18.6 Å². The van der Waals surface area contributed by atoms with Gasteiger partial charge in [0.05, 0.1) is 25.5 Å². The summed E-state index contributed by atoms with van der Waals surface area (Å²) in [6, 6.07) is 9.23. The predicted octanol–water partition coefficient (Wildman–Crippen LogP) is 3.47. The number of fused-ring (bicyclic) bond motifs is 1. The van der Waals surface area contributed by atoms with Gasteiger partial charge in [0.1, 0.15) is 17.2 Å². The molecule has 7 heteroatoms. The Balaban J connectivity index is 1.61. The summed E-state index contributed by atoms with van der Waals surface area (Å²) in [6.45, 7) is 0.781. The fraction of sp³-hybridized carbons (Fsp3) is 0.278. The maximum Gasteiger partial charge on any atom is 0.189 e. The second kappa shape index (κ2) is 6.57. The normalized spacial score (nSPS) is 18.8. The lowest BCUT2D eigenvalue weighted by molar-refractivity contribution is -0.0173. The molecule has 0 spiro atoms. The molecule has 4 rings (SSSR count). The molecule has 0 amide bonds. The molecule has 2 aliphatic heterocycles. The number of nitrogens with one attached hydrogen (secondary N) is 1. The lowest BCUT2D eigenvalue weighted by Crippen LogP contribution is -2.17. The van der Waals surface area contributed by atoms with Crippen molar-refractivity contribution in [1.82, 2.24) is 5.43 Å². The molecule has 130 valence electrons. The van der Waals surface area contributed by atoms with Gasteiger partial charge in [0.15, 0.2) is 6.79 Å². The standard InChI is InChI=1S/C18H17BrN2O4/c1-23-12-2-3-13(17(22)6-12)15-7-16(21-20-15)14-5-11(19)4-10-8-24-9-25-18(10)14/h2-6,16,21-22H,7-9H2,1H3. The monoisotopic (exact) mass is 404 g/mol. The second-order valence-electron chi connectivity index (χ2n) is 5.92. The van der Waals surface area contributed by atoms with Crippen LogP contribution in [0.5, 0.6) is 17.2 Å². The first-order valence-electron chi connectivity index (χ1n) is 7.88. The Bertz CT molecular complexity index is 853. The van der Waals surface area contributed by atoms with Crippen LogP contribution in [-0.2, 0) is 11.3 Å². The van der Waals surface area contributed by atoms with Crippen LogP contribution in [0.15, 0.2) is 39.9 Å². The van der Waals surface area contributed by atoms with Crippen LogP contribution in [0.3, 0.4) is 0 Å². The van der Waals surface area contributed by atoms with Gasteiger partial charge in [-0.2, -0.15) is 5.10 Å². The van der Waals surface area contributed by atoms with E-state index >= 15 is 0 Å². The second-order valence-corrected chi connectivity index (χ2v) is 6.84. The summed E-state index contributed by atoms with van der Waals surface area (Å²) < 4.78 is 17.2. The van der Waals surface area contributed by atoms with Gasteiger partial charge in [-0.1, -0.05) is 15.9 Å². The van der Waals surface area contributed by atoms with E-state index in [1.165, 1.54) is 0 Å². The Kier molecular flexibility index (Phi) is 4.27. The quantitative estimate of drug-likeness (QED) is 0.819. The van der Waals surface area contributed by atoms with Crippen molar-refractivity contribution in [2.24, 2.45) is 5.10 Å². The summed E-state index contributed by atoms with van der Waals surface area (Å²) in [5.74, 6) is 1.61. The van der Waals surface area contributed by atoms with E-state index in [2.05, 4.69) is 26.5 Å². The number of phenolic OH excluding ortho intramolecular Hbond substituents is 1. The highest BCUT2D eigenvalue weighted by Crippen LogP contribution is 2.39. The number of aromatic hydroxyl groups is 1. The first-order valence-corrected chi connectivity index (χ1v) is 8.67. The van der Waals surface area contributed by atoms with Gasteiger partial charge in [-0.05, 0) is 24.3 Å². The molecule has 0 aromatic heterocycles. The lowest BCUT2D eigenvalue weighted by atomic mass is 9.96. The smallest absolute Gasteiger partial charge is 0.189 e. The number of benzene rings is 2. The molecule has 2 aliphatic rings. The van der Waals surface area contributed by atoms with E-state index in [1.54, 1.807) is 13.2 Å². The van der Waals surface area contributed by atoms with Crippen LogP contribution in [0.1, 0.15) is 29.2 Å². The minimum atomic E-state index is -0.0270.